The summed E-state index contributed by atoms with van der Waals surface area (Å²) in [4.78, 5) is 8.34. The van der Waals surface area contributed by atoms with Gasteiger partial charge in [0.15, 0.2) is 5.82 Å². The van der Waals surface area contributed by atoms with E-state index in [9.17, 15) is 4.39 Å². The molecule has 4 nitrogen and oxygen atoms in total. The number of hydrogen-bond acceptors (Lipinski definition) is 4. The van der Waals surface area contributed by atoms with Crippen LogP contribution in [-0.4, -0.2) is 15.0 Å². The first-order chi connectivity index (χ1) is 8.58. The Labute approximate surface area is 109 Å². The summed E-state index contributed by atoms with van der Waals surface area (Å²) in [6.45, 7) is 1.79. The van der Waals surface area contributed by atoms with Crippen LogP contribution in [0.2, 0.25) is 0 Å². The molecule has 1 aromatic carbocycles. The lowest BCUT2D eigenvalue weighted by molar-refractivity contribution is 0.627. The van der Waals surface area contributed by atoms with E-state index in [2.05, 4.69) is 15.3 Å². The molecule has 0 saturated carbocycles. The molecule has 92 valence electrons. The molecular weight excluding hydrogens is 251 g/mol. The highest BCUT2D eigenvalue weighted by molar-refractivity contribution is 7.80. The predicted octanol–water partition coefficient (Wildman–Crippen LogP) is 2.30. The van der Waals surface area contributed by atoms with Crippen molar-refractivity contribution in [3.63, 3.8) is 0 Å². The smallest absolute Gasteiger partial charge is 0.159 e. The second-order valence-corrected chi connectivity index (χ2v) is 4.14. The average molecular weight is 262 g/mol. The maximum absolute atomic E-state index is 13.0. The third kappa shape index (κ3) is 2.60. The van der Waals surface area contributed by atoms with E-state index >= 15 is 0 Å². The van der Waals surface area contributed by atoms with Gasteiger partial charge in [-0.3, -0.25) is 0 Å². The second-order valence-electron chi connectivity index (χ2n) is 3.70. The number of anilines is 2. The predicted molar refractivity (Wildman–Crippen MR) is 72.3 cm³/mol. The van der Waals surface area contributed by atoms with E-state index < -0.39 is 0 Å². The van der Waals surface area contributed by atoms with E-state index in [0.717, 1.165) is 11.3 Å². The molecule has 0 fully saturated rings. The highest BCUT2D eigenvalue weighted by Crippen LogP contribution is 2.21. The van der Waals surface area contributed by atoms with E-state index in [4.69, 9.17) is 18.0 Å². The Hall–Kier alpha value is -2.08. The van der Waals surface area contributed by atoms with Gasteiger partial charge in [-0.1, -0.05) is 12.2 Å². The molecule has 1 heterocycles. The maximum atomic E-state index is 13.0. The first-order valence-electron chi connectivity index (χ1n) is 5.22. The van der Waals surface area contributed by atoms with Crippen LogP contribution in [0, 0.1) is 12.7 Å². The maximum Gasteiger partial charge on any atom is 0.159 e. The van der Waals surface area contributed by atoms with Gasteiger partial charge in [0.25, 0.3) is 0 Å². The van der Waals surface area contributed by atoms with Crippen molar-refractivity contribution in [3.8, 4) is 0 Å². The van der Waals surface area contributed by atoms with Crippen molar-refractivity contribution in [1.29, 1.82) is 0 Å². The van der Waals surface area contributed by atoms with E-state index in [1.54, 1.807) is 13.0 Å². The van der Waals surface area contributed by atoms with Gasteiger partial charge in [0, 0.05) is 18.1 Å². The van der Waals surface area contributed by atoms with E-state index in [1.807, 2.05) is 0 Å². The highest BCUT2D eigenvalue weighted by Gasteiger charge is 2.09. The van der Waals surface area contributed by atoms with Gasteiger partial charge in [0.1, 0.15) is 16.5 Å². The Morgan fingerprint density at radius 2 is 2.06 bits per heavy atom. The van der Waals surface area contributed by atoms with Crippen molar-refractivity contribution in [2.75, 3.05) is 5.32 Å². The summed E-state index contributed by atoms with van der Waals surface area (Å²) >= 11 is 4.89. The van der Waals surface area contributed by atoms with Gasteiger partial charge < -0.3 is 11.1 Å². The van der Waals surface area contributed by atoms with Crippen LogP contribution in [0.5, 0.6) is 0 Å². The summed E-state index contributed by atoms with van der Waals surface area (Å²) in [6, 6.07) is 4.42. The molecule has 18 heavy (non-hydrogen) atoms. The molecule has 0 unspecified atom stereocenters. The van der Waals surface area contributed by atoms with Crippen LogP contribution in [0.25, 0.3) is 0 Å². The molecule has 6 heteroatoms. The fourth-order valence-electron chi connectivity index (χ4n) is 1.50. The van der Waals surface area contributed by atoms with Crippen LogP contribution in [0.3, 0.4) is 0 Å². The minimum absolute atomic E-state index is 0.158. The summed E-state index contributed by atoms with van der Waals surface area (Å²) in [6.07, 6.45) is 3.04. The van der Waals surface area contributed by atoms with Gasteiger partial charge in [-0.15, -0.1) is 0 Å². The van der Waals surface area contributed by atoms with E-state index in [-0.39, 0.29) is 10.8 Å². The Bertz CT molecular complexity index is 600. The van der Waals surface area contributed by atoms with E-state index in [1.165, 1.54) is 24.5 Å². The van der Waals surface area contributed by atoms with E-state index in [0.29, 0.717) is 11.5 Å². The van der Waals surface area contributed by atoms with Crippen LogP contribution in [0.1, 0.15) is 11.3 Å². The molecule has 3 N–H and O–H groups in total. The first kappa shape index (κ1) is 12.4. The Morgan fingerprint density at radius 3 is 2.72 bits per heavy atom. The minimum Gasteiger partial charge on any atom is -0.388 e. The summed E-state index contributed by atoms with van der Waals surface area (Å²) in [5.74, 6) is 0.173. The first-order valence-corrected chi connectivity index (χ1v) is 5.63. The molecule has 0 aliphatic carbocycles. The molecule has 0 aliphatic rings. The molecule has 0 saturated heterocycles. The fraction of sp³-hybridized carbons (Fsp3) is 0.0833. The van der Waals surface area contributed by atoms with Crippen LogP contribution < -0.4 is 11.1 Å². The van der Waals surface area contributed by atoms with Gasteiger partial charge in [0.2, 0.25) is 0 Å². The molecule has 2 rings (SSSR count). The molecular formula is C12H11FN4S. The standard InChI is InChI=1S/C12H11FN4S/c1-7-6-8(13)2-3-9(7)17-12-10(11(14)18)15-4-5-16-12/h2-6H,1H3,(H2,14,18)(H,16,17). The SMILES string of the molecule is Cc1cc(F)ccc1Nc1nccnc1C(N)=S. The quantitative estimate of drug-likeness (QED) is 0.831. The van der Waals surface area contributed by atoms with Crippen molar-refractivity contribution in [3.05, 3.63) is 47.7 Å². The Morgan fingerprint density at radius 1 is 1.33 bits per heavy atom. The molecule has 0 aliphatic heterocycles. The van der Waals surface area contributed by atoms with Crippen LogP contribution in [-0.2, 0) is 0 Å². The monoisotopic (exact) mass is 262 g/mol. The normalized spacial score (nSPS) is 10.1. The minimum atomic E-state index is -0.285. The third-order valence-corrected chi connectivity index (χ3v) is 2.57. The zero-order valence-corrected chi connectivity index (χ0v) is 10.5. The number of halogens is 1. The number of nitrogens with one attached hydrogen (secondary N) is 1. The number of rotatable bonds is 3. The summed E-state index contributed by atoms with van der Waals surface area (Å²) < 4.78 is 13.0. The Balaban J connectivity index is 2.37. The Kier molecular flexibility index (Phi) is 3.47. The van der Waals surface area contributed by atoms with Crippen LogP contribution in [0.4, 0.5) is 15.9 Å². The van der Waals surface area contributed by atoms with Crippen molar-refractivity contribution >= 4 is 28.7 Å². The molecule has 0 atom stereocenters. The molecule has 0 radical (unpaired) electrons. The van der Waals surface area contributed by atoms with Gasteiger partial charge >= 0.3 is 0 Å². The van der Waals surface area contributed by atoms with Crippen molar-refractivity contribution in [1.82, 2.24) is 9.97 Å². The zero-order valence-electron chi connectivity index (χ0n) is 9.64. The number of nitrogens with zero attached hydrogens (tertiary/aromatic N) is 2. The topological polar surface area (TPSA) is 63.8 Å². The fourth-order valence-corrected chi connectivity index (χ4v) is 1.65. The lowest BCUT2D eigenvalue weighted by Gasteiger charge is -2.11. The average Bonchev–Trinajstić information content (AvgIpc) is 2.33. The molecule has 1 aromatic heterocycles. The highest BCUT2D eigenvalue weighted by atomic mass is 32.1. The third-order valence-electron chi connectivity index (χ3n) is 2.37. The van der Waals surface area contributed by atoms with Crippen LogP contribution >= 0.6 is 12.2 Å². The number of nitrogens with two attached hydrogens (primary N) is 1. The number of benzene rings is 1. The second kappa shape index (κ2) is 5.05. The molecule has 0 amide bonds. The number of hydrogen-bond donors (Lipinski definition) is 2. The van der Waals surface area contributed by atoms with Gasteiger partial charge in [0.05, 0.1) is 0 Å². The van der Waals surface area contributed by atoms with Gasteiger partial charge in [-0.2, -0.15) is 0 Å². The van der Waals surface area contributed by atoms with Crippen LogP contribution in [0.15, 0.2) is 30.6 Å². The van der Waals surface area contributed by atoms with Gasteiger partial charge in [-0.25, -0.2) is 14.4 Å². The number of aryl methyl sites for hydroxylation is 1. The number of aromatic nitrogens is 2. The molecule has 0 bridgehead atoms. The summed E-state index contributed by atoms with van der Waals surface area (Å²) in [7, 11) is 0. The summed E-state index contributed by atoms with van der Waals surface area (Å²) in [5, 5.41) is 3.04. The van der Waals surface area contributed by atoms with Gasteiger partial charge in [-0.05, 0) is 30.7 Å². The zero-order chi connectivity index (χ0) is 13.1. The largest absolute Gasteiger partial charge is 0.388 e. The lowest BCUT2D eigenvalue weighted by atomic mass is 10.2. The van der Waals surface area contributed by atoms with Crippen molar-refractivity contribution < 1.29 is 4.39 Å². The molecule has 0 spiro atoms. The number of thiocarbonyl (C=S) groups is 1. The summed E-state index contributed by atoms with van der Waals surface area (Å²) in [5.41, 5.74) is 7.46. The van der Waals surface area contributed by atoms with Crippen molar-refractivity contribution in [2.24, 2.45) is 5.73 Å². The molecule has 2 aromatic rings. The lowest BCUT2D eigenvalue weighted by Crippen LogP contribution is -2.15. The van der Waals surface area contributed by atoms with Crippen molar-refractivity contribution in [2.45, 2.75) is 6.92 Å².